The fourth-order valence-electron chi connectivity index (χ4n) is 3.90. The Bertz CT molecular complexity index is 756. The summed E-state index contributed by atoms with van der Waals surface area (Å²) in [5, 5.41) is 6.25. The molecular weight excluding hydrogens is 382 g/mol. The predicted octanol–water partition coefficient (Wildman–Crippen LogP) is 1.53. The molecule has 0 radical (unpaired) electrons. The van der Waals surface area contributed by atoms with Gasteiger partial charge in [0.1, 0.15) is 6.04 Å². The van der Waals surface area contributed by atoms with E-state index in [2.05, 4.69) is 10.6 Å². The van der Waals surface area contributed by atoms with Gasteiger partial charge < -0.3 is 15.4 Å². The minimum Gasteiger partial charge on any atom is -0.384 e. The molecule has 8 heteroatoms. The maximum Gasteiger partial charge on any atom is 0.262 e. The number of halogens is 1. The Labute approximate surface area is 171 Å². The summed E-state index contributed by atoms with van der Waals surface area (Å²) >= 11 is 0. The Kier molecular flexibility index (Phi) is 7.20. The maximum atomic E-state index is 12.7. The van der Waals surface area contributed by atoms with Crippen molar-refractivity contribution in [2.75, 3.05) is 33.4 Å². The molecule has 0 bridgehead atoms. The SMILES string of the molecule is COCC1(CNC(=O)C(C)N2C(=O)c3ccc(C)cc3C2=O)CCNCC1.Cl. The molecule has 1 fully saturated rings. The Hall–Kier alpha value is -1.96. The smallest absolute Gasteiger partial charge is 0.262 e. The standard InChI is InChI=1S/C20H27N3O4.ClH/c1-13-4-5-15-16(10-13)19(26)23(18(15)25)14(2)17(24)22-11-20(12-27-3)6-8-21-9-7-20;/h4-5,10,14,21H,6-9,11-12H2,1-3H3,(H,22,24);1H. The summed E-state index contributed by atoms with van der Waals surface area (Å²) in [6.07, 6.45) is 1.81. The molecule has 0 aliphatic carbocycles. The Morgan fingerprint density at radius 3 is 2.54 bits per heavy atom. The summed E-state index contributed by atoms with van der Waals surface area (Å²) in [7, 11) is 1.66. The first kappa shape index (κ1) is 22.3. The van der Waals surface area contributed by atoms with Crippen LogP contribution in [-0.2, 0) is 9.53 Å². The highest BCUT2D eigenvalue weighted by Gasteiger charge is 2.41. The molecule has 154 valence electrons. The van der Waals surface area contributed by atoms with Gasteiger partial charge in [0, 0.05) is 19.1 Å². The first-order valence-corrected chi connectivity index (χ1v) is 9.34. The van der Waals surface area contributed by atoms with E-state index in [1.807, 2.05) is 6.92 Å². The number of rotatable bonds is 6. The van der Waals surface area contributed by atoms with Gasteiger partial charge in [0.25, 0.3) is 11.8 Å². The third kappa shape index (κ3) is 4.21. The number of methoxy groups -OCH3 is 1. The zero-order valence-corrected chi connectivity index (χ0v) is 17.4. The van der Waals surface area contributed by atoms with Gasteiger partial charge in [-0.1, -0.05) is 11.6 Å². The molecule has 1 saturated heterocycles. The Balaban J connectivity index is 0.00000280. The minimum absolute atomic E-state index is 0. The number of fused-ring (bicyclic) bond motifs is 1. The number of amides is 3. The predicted molar refractivity (Wildman–Crippen MR) is 108 cm³/mol. The number of nitrogens with one attached hydrogen (secondary N) is 2. The van der Waals surface area contributed by atoms with Crippen molar-refractivity contribution in [1.29, 1.82) is 0 Å². The topological polar surface area (TPSA) is 87.7 Å². The van der Waals surface area contributed by atoms with Crippen LogP contribution in [0.25, 0.3) is 0 Å². The van der Waals surface area contributed by atoms with Crippen LogP contribution in [0.2, 0.25) is 0 Å². The van der Waals surface area contributed by atoms with Crippen molar-refractivity contribution in [3.05, 3.63) is 34.9 Å². The largest absolute Gasteiger partial charge is 0.384 e. The number of nitrogens with zero attached hydrogens (tertiary/aromatic N) is 1. The lowest BCUT2D eigenvalue weighted by Gasteiger charge is -2.37. The number of hydrogen-bond donors (Lipinski definition) is 2. The number of hydrogen-bond acceptors (Lipinski definition) is 5. The highest BCUT2D eigenvalue weighted by Crippen LogP contribution is 2.29. The van der Waals surface area contributed by atoms with E-state index in [4.69, 9.17) is 4.74 Å². The average molecular weight is 410 g/mol. The maximum absolute atomic E-state index is 12.7. The van der Waals surface area contributed by atoms with Gasteiger partial charge >= 0.3 is 0 Å². The van der Waals surface area contributed by atoms with E-state index in [-0.39, 0.29) is 23.7 Å². The fourth-order valence-corrected chi connectivity index (χ4v) is 3.90. The van der Waals surface area contributed by atoms with E-state index in [1.54, 1.807) is 32.2 Å². The average Bonchev–Trinajstić information content (AvgIpc) is 2.90. The van der Waals surface area contributed by atoms with Crippen molar-refractivity contribution >= 4 is 30.1 Å². The van der Waals surface area contributed by atoms with Gasteiger partial charge in [0.05, 0.1) is 17.7 Å². The molecule has 0 aromatic heterocycles. The van der Waals surface area contributed by atoms with Crippen LogP contribution in [0, 0.1) is 12.3 Å². The first-order valence-electron chi connectivity index (χ1n) is 9.34. The van der Waals surface area contributed by atoms with Gasteiger partial charge in [-0.3, -0.25) is 19.3 Å². The second-order valence-corrected chi connectivity index (χ2v) is 7.61. The highest BCUT2D eigenvalue weighted by atomic mass is 35.5. The second-order valence-electron chi connectivity index (χ2n) is 7.61. The molecule has 2 heterocycles. The van der Waals surface area contributed by atoms with Crippen LogP contribution in [-0.4, -0.2) is 62.0 Å². The van der Waals surface area contributed by atoms with Crippen molar-refractivity contribution in [1.82, 2.24) is 15.5 Å². The third-order valence-electron chi connectivity index (χ3n) is 5.59. The Morgan fingerprint density at radius 2 is 1.89 bits per heavy atom. The fraction of sp³-hybridized carbons (Fsp3) is 0.550. The minimum atomic E-state index is -0.862. The van der Waals surface area contributed by atoms with Crippen molar-refractivity contribution in [2.24, 2.45) is 5.41 Å². The molecule has 0 spiro atoms. The third-order valence-corrected chi connectivity index (χ3v) is 5.59. The van der Waals surface area contributed by atoms with E-state index < -0.39 is 17.9 Å². The number of imide groups is 1. The van der Waals surface area contributed by atoms with Gasteiger partial charge in [-0.25, -0.2) is 0 Å². The molecule has 1 aromatic carbocycles. The number of carbonyl (C=O) groups is 3. The molecule has 7 nitrogen and oxygen atoms in total. The highest BCUT2D eigenvalue weighted by molar-refractivity contribution is 6.22. The van der Waals surface area contributed by atoms with Crippen LogP contribution in [0.3, 0.4) is 0 Å². The van der Waals surface area contributed by atoms with Gasteiger partial charge in [-0.2, -0.15) is 0 Å². The molecule has 1 unspecified atom stereocenters. The Morgan fingerprint density at radius 1 is 1.25 bits per heavy atom. The van der Waals surface area contributed by atoms with Crippen molar-refractivity contribution in [3.63, 3.8) is 0 Å². The van der Waals surface area contributed by atoms with Crippen LogP contribution < -0.4 is 10.6 Å². The number of carbonyl (C=O) groups excluding carboxylic acids is 3. The molecule has 2 N–H and O–H groups in total. The monoisotopic (exact) mass is 409 g/mol. The second kappa shape index (κ2) is 9.03. The number of piperidine rings is 1. The molecule has 28 heavy (non-hydrogen) atoms. The quantitative estimate of drug-likeness (QED) is 0.696. The van der Waals surface area contributed by atoms with Crippen LogP contribution in [0.4, 0.5) is 0 Å². The lowest BCUT2D eigenvalue weighted by molar-refractivity contribution is -0.125. The molecular formula is C20H28ClN3O4. The van der Waals surface area contributed by atoms with E-state index in [1.165, 1.54) is 0 Å². The number of benzene rings is 1. The molecule has 3 rings (SSSR count). The van der Waals surface area contributed by atoms with Gasteiger partial charge in [0.2, 0.25) is 5.91 Å². The van der Waals surface area contributed by atoms with Crippen molar-refractivity contribution in [2.45, 2.75) is 32.7 Å². The molecule has 2 aliphatic heterocycles. The lowest BCUT2D eigenvalue weighted by Crippen LogP contribution is -2.52. The normalized spacial score (nSPS) is 19.0. The summed E-state index contributed by atoms with van der Waals surface area (Å²) < 4.78 is 5.37. The van der Waals surface area contributed by atoms with Crippen LogP contribution in [0.5, 0.6) is 0 Å². The summed E-state index contributed by atoms with van der Waals surface area (Å²) in [6.45, 7) is 6.25. The van der Waals surface area contributed by atoms with Crippen molar-refractivity contribution in [3.8, 4) is 0 Å². The summed E-state index contributed by atoms with van der Waals surface area (Å²) in [5.41, 5.74) is 1.52. The van der Waals surface area contributed by atoms with Crippen LogP contribution in [0.15, 0.2) is 18.2 Å². The first-order chi connectivity index (χ1) is 12.9. The van der Waals surface area contributed by atoms with E-state index in [0.717, 1.165) is 36.4 Å². The molecule has 1 aromatic rings. The zero-order chi connectivity index (χ0) is 19.6. The van der Waals surface area contributed by atoms with Crippen LogP contribution >= 0.6 is 12.4 Å². The van der Waals surface area contributed by atoms with Crippen molar-refractivity contribution < 1.29 is 19.1 Å². The van der Waals surface area contributed by atoms with Gasteiger partial charge in [-0.05, 0) is 51.9 Å². The summed E-state index contributed by atoms with van der Waals surface area (Å²) in [5.74, 6) is -1.14. The number of ether oxygens (including phenoxy) is 1. The molecule has 2 aliphatic rings. The van der Waals surface area contributed by atoms with E-state index in [9.17, 15) is 14.4 Å². The molecule has 0 saturated carbocycles. The van der Waals surface area contributed by atoms with Crippen LogP contribution in [0.1, 0.15) is 46.0 Å². The van der Waals surface area contributed by atoms with Gasteiger partial charge in [-0.15, -0.1) is 12.4 Å². The number of aryl methyl sites for hydroxylation is 1. The summed E-state index contributed by atoms with van der Waals surface area (Å²) in [4.78, 5) is 39.1. The lowest BCUT2D eigenvalue weighted by atomic mass is 9.79. The van der Waals surface area contributed by atoms with Gasteiger partial charge in [0.15, 0.2) is 0 Å². The van der Waals surface area contributed by atoms with E-state index in [0.29, 0.717) is 24.3 Å². The molecule has 1 atom stereocenters. The van der Waals surface area contributed by atoms with E-state index >= 15 is 0 Å². The molecule has 3 amide bonds. The summed E-state index contributed by atoms with van der Waals surface area (Å²) in [6, 6.07) is 4.28. The zero-order valence-electron chi connectivity index (χ0n) is 16.5.